The Kier molecular flexibility index (Phi) is 2.55. The molecule has 0 aromatic carbocycles. The summed E-state index contributed by atoms with van der Waals surface area (Å²) in [5, 5.41) is 3.84. The van der Waals surface area contributed by atoms with Crippen molar-refractivity contribution in [2.75, 3.05) is 6.54 Å². The normalized spacial score (nSPS) is 22.0. The number of carbonyl (C=O) groups is 1. The zero-order chi connectivity index (χ0) is 6.53. The Morgan fingerprint density at radius 2 is 1.89 bits per heavy atom. The molecule has 0 N–H and O–H groups in total. The van der Waals surface area contributed by atoms with Crippen molar-refractivity contribution in [2.24, 2.45) is 0 Å². The first-order valence-electron chi connectivity index (χ1n) is 3.60. The van der Waals surface area contributed by atoms with E-state index < -0.39 is 0 Å². The Morgan fingerprint density at radius 1 is 1.11 bits per heavy atom. The molecule has 1 radical (unpaired) electrons. The molecule has 1 rings (SSSR count). The highest BCUT2D eigenvalue weighted by atomic mass is 16.1. The zero-order valence-electron chi connectivity index (χ0n) is 5.60. The minimum absolute atomic E-state index is 0.106. The molecule has 1 aliphatic heterocycles. The van der Waals surface area contributed by atoms with E-state index in [1.807, 2.05) is 0 Å². The van der Waals surface area contributed by atoms with Crippen LogP contribution in [-0.2, 0) is 4.79 Å². The summed E-state index contributed by atoms with van der Waals surface area (Å²) in [5.41, 5.74) is 0. The van der Waals surface area contributed by atoms with Gasteiger partial charge in [-0.15, -0.1) is 0 Å². The summed E-state index contributed by atoms with van der Waals surface area (Å²) in [5.74, 6) is 0.106. The van der Waals surface area contributed by atoms with Gasteiger partial charge in [0.15, 0.2) is 0 Å². The van der Waals surface area contributed by atoms with Crippen LogP contribution in [0.15, 0.2) is 0 Å². The summed E-state index contributed by atoms with van der Waals surface area (Å²) >= 11 is 0. The number of nitrogens with zero attached hydrogens (tertiary/aromatic N) is 1. The second kappa shape index (κ2) is 3.49. The van der Waals surface area contributed by atoms with Crippen molar-refractivity contribution in [3.63, 3.8) is 0 Å². The lowest BCUT2D eigenvalue weighted by Gasteiger charge is -2.05. The van der Waals surface area contributed by atoms with Crippen molar-refractivity contribution in [1.82, 2.24) is 5.32 Å². The SMILES string of the molecule is O=C1CCCCCC[N]1. The van der Waals surface area contributed by atoms with Crippen molar-refractivity contribution in [1.29, 1.82) is 0 Å². The quantitative estimate of drug-likeness (QED) is 0.478. The maximum atomic E-state index is 10.7. The fourth-order valence-electron chi connectivity index (χ4n) is 1.02. The highest BCUT2D eigenvalue weighted by Crippen LogP contribution is 2.05. The summed E-state index contributed by atoms with van der Waals surface area (Å²) < 4.78 is 0. The lowest BCUT2D eigenvalue weighted by molar-refractivity contribution is -0.121. The molecule has 0 aromatic rings. The van der Waals surface area contributed by atoms with Gasteiger partial charge in [0.2, 0.25) is 5.91 Å². The average Bonchev–Trinajstić information content (AvgIpc) is 1.79. The van der Waals surface area contributed by atoms with E-state index in [0.717, 1.165) is 19.4 Å². The Labute approximate surface area is 55.6 Å². The summed E-state index contributed by atoms with van der Waals surface area (Å²) in [7, 11) is 0. The third kappa shape index (κ3) is 2.49. The van der Waals surface area contributed by atoms with Gasteiger partial charge in [0.05, 0.1) is 0 Å². The van der Waals surface area contributed by atoms with Crippen LogP contribution in [0.5, 0.6) is 0 Å². The molecule has 1 fully saturated rings. The Balaban J connectivity index is 2.20. The molecule has 2 nitrogen and oxygen atoms in total. The van der Waals surface area contributed by atoms with Crippen molar-refractivity contribution < 1.29 is 4.79 Å². The summed E-state index contributed by atoms with van der Waals surface area (Å²) in [6, 6.07) is 0. The highest BCUT2D eigenvalue weighted by Gasteiger charge is 2.04. The van der Waals surface area contributed by atoms with E-state index >= 15 is 0 Å². The number of hydrogen-bond acceptors (Lipinski definition) is 1. The van der Waals surface area contributed by atoms with Gasteiger partial charge < -0.3 is 0 Å². The Hall–Kier alpha value is -0.530. The minimum atomic E-state index is 0.106. The predicted molar refractivity (Wildman–Crippen MR) is 35.1 cm³/mol. The van der Waals surface area contributed by atoms with Crippen LogP contribution in [0.4, 0.5) is 0 Å². The molecule has 9 heavy (non-hydrogen) atoms. The molecule has 0 aromatic heterocycles. The van der Waals surface area contributed by atoms with Crippen LogP contribution in [-0.4, -0.2) is 12.5 Å². The lowest BCUT2D eigenvalue weighted by Crippen LogP contribution is -2.18. The van der Waals surface area contributed by atoms with Gasteiger partial charge in [-0.25, -0.2) is 0 Å². The topological polar surface area (TPSA) is 31.2 Å². The minimum Gasteiger partial charge on any atom is -0.273 e. The van der Waals surface area contributed by atoms with Gasteiger partial charge in [0.25, 0.3) is 0 Å². The second-order valence-corrected chi connectivity index (χ2v) is 2.44. The van der Waals surface area contributed by atoms with Crippen LogP contribution in [0.1, 0.15) is 32.1 Å². The molecular weight excluding hydrogens is 114 g/mol. The fourth-order valence-corrected chi connectivity index (χ4v) is 1.02. The van der Waals surface area contributed by atoms with E-state index in [0.29, 0.717) is 6.42 Å². The first kappa shape index (κ1) is 6.59. The highest BCUT2D eigenvalue weighted by molar-refractivity contribution is 5.75. The molecule has 0 aliphatic carbocycles. The molecule has 2 heteroatoms. The Morgan fingerprint density at radius 3 is 2.78 bits per heavy atom. The number of amides is 1. The molecular formula is C7H12NO. The molecule has 0 atom stereocenters. The number of carbonyl (C=O) groups excluding carboxylic acids is 1. The van der Waals surface area contributed by atoms with E-state index in [2.05, 4.69) is 5.32 Å². The largest absolute Gasteiger partial charge is 0.273 e. The van der Waals surface area contributed by atoms with Gasteiger partial charge in [0.1, 0.15) is 0 Å². The molecule has 1 saturated heterocycles. The smallest absolute Gasteiger partial charge is 0.241 e. The zero-order valence-corrected chi connectivity index (χ0v) is 5.60. The molecule has 1 amide bonds. The average molecular weight is 126 g/mol. The van der Waals surface area contributed by atoms with Gasteiger partial charge in [-0.3, -0.25) is 10.1 Å². The summed E-state index contributed by atoms with van der Waals surface area (Å²) in [6.07, 6.45) is 5.28. The number of hydrogen-bond donors (Lipinski definition) is 0. The third-order valence-corrected chi connectivity index (χ3v) is 1.59. The predicted octanol–water partition coefficient (Wildman–Crippen LogP) is 1.08. The molecule has 0 saturated carbocycles. The van der Waals surface area contributed by atoms with Gasteiger partial charge in [-0.2, -0.15) is 0 Å². The fraction of sp³-hybridized carbons (Fsp3) is 0.857. The van der Waals surface area contributed by atoms with Crippen molar-refractivity contribution in [3.05, 3.63) is 0 Å². The van der Waals surface area contributed by atoms with Gasteiger partial charge in [-0.1, -0.05) is 12.8 Å². The number of rotatable bonds is 0. The van der Waals surface area contributed by atoms with Crippen LogP contribution in [0.2, 0.25) is 0 Å². The van der Waals surface area contributed by atoms with Crippen LogP contribution in [0.25, 0.3) is 0 Å². The maximum Gasteiger partial charge on any atom is 0.241 e. The molecule has 51 valence electrons. The van der Waals surface area contributed by atoms with Crippen LogP contribution >= 0.6 is 0 Å². The molecule has 1 heterocycles. The monoisotopic (exact) mass is 126 g/mol. The first-order valence-corrected chi connectivity index (χ1v) is 3.60. The second-order valence-electron chi connectivity index (χ2n) is 2.44. The lowest BCUT2D eigenvalue weighted by atomic mass is 10.1. The summed E-state index contributed by atoms with van der Waals surface area (Å²) in [6.45, 7) is 0.763. The molecule has 1 aliphatic rings. The van der Waals surface area contributed by atoms with Crippen molar-refractivity contribution >= 4 is 5.91 Å². The standard InChI is InChI=1S/C7H12NO/c9-7-5-3-1-2-4-6-8-7/h1-6H2. The van der Waals surface area contributed by atoms with E-state index in [1.54, 1.807) is 0 Å². The van der Waals surface area contributed by atoms with Crippen molar-refractivity contribution in [3.8, 4) is 0 Å². The van der Waals surface area contributed by atoms with Gasteiger partial charge in [0, 0.05) is 13.0 Å². The molecule has 0 bridgehead atoms. The Bertz CT molecular complexity index is 91.1. The maximum absolute atomic E-state index is 10.7. The first-order chi connectivity index (χ1) is 4.39. The third-order valence-electron chi connectivity index (χ3n) is 1.59. The summed E-state index contributed by atoms with van der Waals surface area (Å²) in [4.78, 5) is 10.7. The van der Waals surface area contributed by atoms with E-state index in [9.17, 15) is 4.79 Å². The molecule has 0 unspecified atom stereocenters. The molecule has 0 spiro atoms. The van der Waals surface area contributed by atoms with Crippen LogP contribution < -0.4 is 5.32 Å². The van der Waals surface area contributed by atoms with E-state index in [1.165, 1.54) is 12.8 Å². The van der Waals surface area contributed by atoms with Gasteiger partial charge in [-0.05, 0) is 12.8 Å². The van der Waals surface area contributed by atoms with E-state index in [4.69, 9.17) is 0 Å². The van der Waals surface area contributed by atoms with Crippen LogP contribution in [0.3, 0.4) is 0 Å². The van der Waals surface area contributed by atoms with E-state index in [-0.39, 0.29) is 5.91 Å². The van der Waals surface area contributed by atoms with Crippen LogP contribution in [0, 0.1) is 0 Å². The van der Waals surface area contributed by atoms with Gasteiger partial charge >= 0.3 is 0 Å². The van der Waals surface area contributed by atoms with Crippen molar-refractivity contribution in [2.45, 2.75) is 32.1 Å².